The van der Waals surface area contributed by atoms with Gasteiger partial charge in [0.05, 0.1) is 6.04 Å². The van der Waals surface area contributed by atoms with Gasteiger partial charge < -0.3 is 10.4 Å². The summed E-state index contributed by atoms with van der Waals surface area (Å²) >= 11 is 0. The van der Waals surface area contributed by atoms with Crippen LogP contribution in [0.2, 0.25) is 0 Å². The molecule has 0 aromatic carbocycles. The molecule has 2 rings (SSSR count). The summed E-state index contributed by atoms with van der Waals surface area (Å²) in [6.45, 7) is 0. The number of carbonyl (C=O) groups is 1. The molecule has 0 bridgehead atoms. The molecule has 0 amide bonds. The third kappa shape index (κ3) is 1.03. The van der Waals surface area contributed by atoms with Crippen LogP contribution in [0, 0.1) is 5.92 Å². The van der Waals surface area contributed by atoms with E-state index < -0.39 is 5.97 Å². The number of carboxylic acid groups (broad SMARTS) is 1. The highest BCUT2D eigenvalue weighted by molar-refractivity contribution is 5.86. The van der Waals surface area contributed by atoms with E-state index in [0.717, 1.165) is 0 Å². The standard InChI is InChI=1S/C9H9NO2/c11-9(12)8-5-6-3-1-2-4-7(6)10-8/h1-7,10H,(H,11,12). The minimum absolute atomic E-state index is 0.140. The van der Waals surface area contributed by atoms with E-state index >= 15 is 0 Å². The number of aliphatic carboxylic acids is 1. The number of rotatable bonds is 1. The minimum Gasteiger partial charge on any atom is -0.477 e. The van der Waals surface area contributed by atoms with Crippen molar-refractivity contribution in [2.45, 2.75) is 6.04 Å². The van der Waals surface area contributed by atoms with Gasteiger partial charge in [-0.05, 0) is 6.08 Å². The molecular weight excluding hydrogens is 154 g/mol. The molecule has 0 spiro atoms. The number of fused-ring (bicyclic) bond motifs is 1. The summed E-state index contributed by atoms with van der Waals surface area (Å²) in [5.41, 5.74) is 0.307. The molecule has 1 heterocycles. The number of hydrogen-bond donors (Lipinski definition) is 2. The van der Waals surface area contributed by atoms with E-state index in [1.54, 1.807) is 6.08 Å². The van der Waals surface area contributed by atoms with E-state index in [4.69, 9.17) is 5.11 Å². The van der Waals surface area contributed by atoms with Gasteiger partial charge in [-0.15, -0.1) is 0 Å². The van der Waals surface area contributed by atoms with Gasteiger partial charge in [0.1, 0.15) is 5.70 Å². The van der Waals surface area contributed by atoms with Crippen molar-refractivity contribution in [2.75, 3.05) is 0 Å². The van der Waals surface area contributed by atoms with Gasteiger partial charge >= 0.3 is 5.97 Å². The van der Waals surface area contributed by atoms with Crippen molar-refractivity contribution in [1.29, 1.82) is 0 Å². The average molecular weight is 163 g/mol. The lowest BCUT2D eigenvalue weighted by Crippen LogP contribution is -2.28. The molecule has 0 saturated carbocycles. The summed E-state index contributed by atoms with van der Waals surface area (Å²) in [5.74, 6) is -0.674. The molecule has 0 aromatic rings. The Kier molecular flexibility index (Phi) is 1.50. The summed E-state index contributed by atoms with van der Waals surface area (Å²) in [7, 11) is 0. The van der Waals surface area contributed by atoms with Gasteiger partial charge in [-0.2, -0.15) is 0 Å². The van der Waals surface area contributed by atoms with Gasteiger partial charge in [0.25, 0.3) is 0 Å². The van der Waals surface area contributed by atoms with E-state index in [0.29, 0.717) is 5.70 Å². The third-order valence-electron chi connectivity index (χ3n) is 2.09. The Morgan fingerprint density at radius 2 is 2.17 bits per heavy atom. The van der Waals surface area contributed by atoms with Crippen LogP contribution in [0.4, 0.5) is 0 Å². The second-order valence-electron chi connectivity index (χ2n) is 2.90. The maximum atomic E-state index is 10.6. The van der Waals surface area contributed by atoms with Crippen LogP contribution in [0.3, 0.4) is 0 Å². The summed E-state index contributed by atoms with van der Waals surface area (Å²) < 4.78 is 0. The molecule has 12 heavy (non-hydrogen) atoms. The molecule has 0 radical (unpaired) electrons. The molecule has 0 fully saturated rings. The van der Waals surface area contributed by atoms with Crippen molar-refractivity contribution in [1.82, 2.24) is 5.32 Å². The first-order valence-corrected chi connectivity index (χ1v) is 3.84. The highest BCUT2D eigenvalue weighted by atomic mass is 16.4. The Hall–Kier alpha value is -1.51. The second-order valence-corrected chi connectivity index (χ2v) is 2.90. The largest absolute Gasteiger partial charge is 0.477 e. The van der Waals surface area contributed by atoms with Crippen molar-refractivity contribution < 1.29 is 9.90 Å². The fourth-order valence-corrected chi connectivity index (χ4v) is 1.48. The monoisotopic (exact) mass is 163 g/mol. The summed E-state index contributed by atoms with van der Waals surface area (Å²) in [5, 5.41) is 11.6. The van der Waals surface area contributed by atoms with Crippen molar-refractivity contribution in [3.8, 4) is 0 Å². The lowest BCUT2D eigenvalue weighted by molar-refractivity contribution is -0.133. The molecule has 2 atom stereocenters. The molecule has 0 aromatic heterocycles. The van der Waals surface area contributed by atoms with Crippen molar-refractivity contribution >= 4 is 5.97 Å². The first kappa shape index (κ1) is 7.16. The average Bonchev–Trinajstić information content (AvgIpc) is 2.46. The topological polar surface area (TPSA) is 49.3 Å². The van der Waals surface area contributed by atoms with Gasteiger partial charge in [0.2, 0.25) is 0 Å². The quantitative estimate of drug-likeness (QED) is 0.597. The van der Waals surface area contributed by atoms with Gasteiger partial charge in [-0.25, -0.2) is 4.79 Å². The Labute approximate surface area is 70.1 Å². The second kappa shape index (κ2) is 2.52. The van der Waals surface area contributed by atoms with E-state index in [1.807, 2.05) is 24.3 Å². The van der Waals surface area contributed by atoms with E-state index in [9.17, 15) is 4.79 Å². The molecule has 62 valence electrons. The van der Waals surface area contributed by atoms with Gasteiger partial charge in [0, 0.05) is 5.92 Å². The Bertz CT molecular complexity index is 302. The lowest BCUT2D eigenvalue weighted by atomic mass is 9.98. The van der Waals surface area contributed by atoms with Crippen LogP contribution in [-0.2, 0) is 4.79 Å². The number of carboxylic acids is 1. The van der Waals surface area contributed by atoms with Crippen molar-refractivity contribution in [2.24, 2.45) is 5.92 Å². The zero-order valence-corrected chi connectivity index (χ0v) is 6.40. The Balaban J connectivity index is 2.21. The van der Waals surface area contributed by atoms with E-state index in [-0.39, 0.29) is 12.0 Å². The number of allylic oxidation sites excluding steroid dienone is 2. The highest BCUT2D eigenvalue weighted by Crippen LogP contribution is 2.22. The molecule has 1 aliphatic carbocycles. The Morgan fingerprint density at radius 3 is 2.83 bits per heavy atom. The van der Waals surface area contributed by atoms with Crippen LogP contribution in [0.25, 0.3) is 0 Å². The van der Waals surface area contributed by atoms with Gasteiger partial charge in [0.15, 0.2) is 0 Å². The van der Waals surface area contributed by atoms with Gasteiger partial charge in [-0.3, -0.25) is 0 Å². The summed E-state index contributed by atoms with van der Waals surface area (Å²) in [4.78, 5) is 10.6. The Morgan fingerprint density at radius 1 is 1.42 bits per heavy atom. The van der Waals surface area contributed by atoms with Crippen LogP contribution >= 0.6 is 0 Å². The summed E-state index contributed by atoms with van der Waals surface area (Å²) in [6.07, 6.45) is 9.56. The molecule has 1 aliphatic heterocycles. The van der Waals surface area contributed by atoms with Gasteiger partial charge in [-0.1, -0.05) is 24.3 Å². The zero-order valence-electron chi connectivity index (χ0n) is 6.40. The van der Waals surface area contributed by atoms with E-state index in [1.165, 1.54) is 0 Å². The predicted molar refractivity (Wildman–Crippen MR) is 44.4 cm³/mol. The fraction of sp³-hybridized carbons (Fsp3) is 0.222. The number of hydrogen-bond acceptors (Lipinski definition) is 2. The highest BCUT2D eigenvalue weighted by Gasteiger charge is 2.26. The summed E-state index contributed by atoms with van der Waals surface area (Å²) in [6, 6.07) is 0.140. The fourth-order valence-electron chi connectivity index (χ4n) is 1.48. The molecule has 3 nitrogen and oxygen atoms in total. The predicted octanol–water partition coefficient (Wildman–Crippen LogP) is 0.669. The molecule has 3 heteroatoms. The smallest absolute Gasteiger partial charge is 0.351 e. The normalized spacial score (nSPS) is 30.8. The van der Waals surface area contributed by atoms with E-state index in [2.05, 4.69) is 5.32 Å². The van der Waals surface area contributed by atoms with Crippen LogP contribution in [0.5, 0.6) is 0 Å². The number of nitrogens with one attached hydrogen (secondary N) is 1. The van der Waals surface area contributed by atoms with Crippen molar-refractivity contribution in [3.05, 3.63) is 36.1 Å². The minimum atomic E-state index is -0.883. The van der Waals surface area contributed by atoms with Crippen molar-refractivity contribution in [3.63, 3.8) is 0 Å². The first-order chi connectivity index (χ1) is 5.77. The van der Waals surface area contributed by atoms with Crippen LogP contribution in [-0.4, -0.2) is 17.1 Å². The van der Waals surface area contributed by atoms with Crippen LogP contribution < -0.4 is 5.32 Å². The SMILES string of the molecule is O=C(O)C1=CC2C=CC=CC2N1. The molecule has 0 saturated heterocycles. The van der Waals surface area contributed by atoms with Crippen LogP contribution in [0.15, 0.2) is 36.1 Å². The zero-order chi connectivity index (χ0) is 8.55. The maximum Gasteiger partial charge on any atom is 0.351 e. The molecular formula is C9H9NO2. The lowest BCUT2D eigenvalue weighted by Gasteiger charge is -2.14. The molecule has 2 aliphatic rings. The third-order valence-corrected chi connectivity index (χ3v) is 2.09. The van der Waals surface area contributed by atoms with Crippen LogP contribution in [0.1, 0.15) is 0 Å². The maximum absolute atomic E-state index is 10.6. The molecule has 2 N–H and O–H groups in total. The first-order valence-electron chi connectivity index (χ1n) is 3.84. The molecule has 2 unspecified atom stereocenters.